The number of rotatable bonds is 8. The van der Waals surface area contributed by atoms with Crippen molar-refractivity contribution in [2.24, 2.45) is 0 Å². The molecule has 2 nitrogen and oxygen atoms in total. The molecule has 0 aliphatic heterocycles. The van der Waals surface area contributed by atoms with Crippen molar-refractivity contribution in [3.8, 4) is 22.3 Å². The molecular weight excluding hydrogens is 661 g/mol. The number of aryl methyl sites for hydroxylation is 2. The fraction of sp³-hybridized carbons (Fsp3) is 0.280. The predicted molar refractivity (Wildman–Crippen MR) is 226 cm³/mol. The first-order valence-corrected chi connectivity index (χ1v) is 20.9. The molecule has 2 aromatic heterocycles. The second kappa shape index (κ2) is 13.5. The van der Waals surface area contributed by atoms with Crippen LogP contribution < -0.4 is 0 Å². The molecule has 0 saturated heterocycles. The lowest BCUT2D eigenvalue weighted by Crippen LogP contribution is -2.10. The van der Waals surface area contributed by atoms with Crippen LogP contribution in [0.3, 0.4) is 0 Å². The normalized spacial score (nSPS) is 16.8. The Balaban J connectivity index is 1.17. The molecule has 53 heavy (non-hydrogen) atoms. The Labute approximate surface area is 318 Å². The quantitative estimate of drug-likeness (QED) is 0.147. The molecule has 0 spiro atoms. The molecule has 3 heteroatoms. The van der Waals surface area contributed by atoms with Crippen LogP contribution in [-0.4, -0.2) is 9.52 Å². The van der Waals surface area contributed by atoms with Crippen molar-refractivity contribution in [1.29, 1.82) is 0 Å². The first-order chi connectivity index (χ1) is 25.4. The summed E-state index contributed by atoms with van der Waals surface area (Å²) in [6.45, 7) is 17.9. The number of allylic oxidation sites excluding steroid dienone is 2. The molecule has 0 saturated carbocycles. The minimum Gasteiger partial charge on any atom is -0.461 e. The van der Waals surface area contributed by atoms with Gasteiger partial charge in [-0.15, -0.1) is 0 Å². The second-order valence-electron chi connectivity index (χ2n) is 17.1. The molecule has 267 valence electrons. The molecule has 1 radical (unpaired) electrons. The van der Waals surface area contributed by atoms with E-state index in [9.17, 15) is 0 Å². The van der Waals surface area contributed by atoms with E-state index in [1.165, 1.54) is 66.8 Å². The number of furan rings is 2. The third kappa shape index (κ3) is 6.54. The van der Waals surface area contributed by atoms with Crippen LogP contribution in [0.1, 0.15) is 110 Å². The molecule has 0 N–H and O–H groups in total. The van der Waals surface area contributed by atoms with Gasteiger partial charge >= 0.3 is 0 Å². The lowest BCUT2D eigenvalue weighted by molar-refractivity contribution is 0.402. The molecular formula is C50H51O2Si. The maximum atomic E-state index is 6.69. The fourth-order valence-corrected chi connectivity index (χ4v) is 10.3. The molecule has 0 fully saturated rings. The van der Waals surface area contributed by atoms with E-state index < -0.39 is 0 Å². The van der Waals surface area contributed by atoms with Crippen LogP contribution in [0, 0.1) is 13.8 Å². The number of fused-ring (bicyclic) bond motifs is 2. The zero-order valence-electron chi connectivity index (χ0n) is 32.5. The topological polar surface area (TPSA) is 26.3 Å². The highest BCUT2D eigenvalue weighted by atomic mass is 28.2. The zero-order chi connectivity index (χ0) is 37.1. The molecule has 2 atom stereocenters. The van der Waals surface area contributed by atoms with E-state index in [1.54, 1.807) is 0 Å². The van der Waals surface area contributed by atoms with Crippen LogP contribution in [0.4, 0.5) is 0 Å². The highest BCUT2D eigenvalue weighted by Gasteiger charge is 2.34. The summed E-state index contributed by atoms with van der Waals surface area (Å²) in [5.74, 6) is 4.64. The average molecular weight is 712 g/mol. The molecule has 4 aromatic carbocycles. The average Bonchev–Trinajstić information content (AvgIpc) is 3.94. The van der Waals surface area contributed by atoms with Crippen LogP contribution in [0.15, 0.2) is 118 Å². The van der Waals surface area contributed by atoms with Crippen molar-refractivity contribution in [2.75, 3.05) is 0 Å². The number of hydrogen-bond acceptors (Lipinski definition) is 2. The van der Waals surface area contributed by atoms with Gasteiger partial charge in [-0.2, -0.15) is 0 Å². The molecule has 0 bridgehead atoms. The maximum absolute atomic E-state index is 6.69. The van der Waals surface area contributed by atoms with Crippen molar-refractivity contribution < 1.29 is 8.83 Å². The third-order valence-electron chi connectivity index (χ3n) is 11.3. The minimum atomic E-state index is -0.0505. The Hall–Kier alpha value is -4.86. The highest BCUT2D eigenvalue weighted by Crippen LogP contribution is 2.52. The van der Waals surface area contributed by atoms with Crippen molar-refractivity contribution in [3.05, 3.63) is 166 Å². The van der Waals surface area contributed by atoms with Gasteiger partial charge in [0.1, 0.15) is 23.0 Å². The first-order valence-electron chi connectivity index (χ1n) is 19.2. The van der Waals surface area contributed by atoms with Crippen molar-refractivity contribution >= 4 is 32.8 Å². The second-order valence-corrected chi connectivity index (χ2v) is 18.7. The predicted octanol–water partition coefficient (Wildman–Crippen LogP) is 13.7. The summed E-state index contributed by atoms with van der Waals surface area (Å²) in [4.78, 5) is 0. The summed E-state index contributed by atoms with van der Waals surface area (Å²) in [7, 11) is 0.0791. The summed E-state index contributed by atoms with van der Waals surface area (Å²) >= 11 is 0. The summed E-state index contributed by atoms with van der Waals surface area (Å²) < 4.78 is 13.4. The van der Waals surface area contributed by atoms with Gasteiger partial charge in [-0.1, -0.05) is 139 Å². The van der Waals surface area contributed by atoms with Crippen molar-refractivity contribution in [3.63, 3.8) is 0 Å². The fourth-order valence-electron chi connectivity index (χ4n) is 8.45. The summed E-state index contributed by atoms with van der Waals surface area (Å²) in [5.41, 5.74) is 15.9. The van der Waals surface area contributed by atoms with Crippen molar-refractivity contribution in [1.82, 2.24) is 0 Å². The first kappa shape index (κ1) is 35.2. The Morgan fingerprint density at radius 3 is 1.25 bits per heavy atom. The highest BCUT2D eigenvalue weighted by molar-refractivity contribution is 6.37. The summed E-state index contributed by atoms with van der Waals surface area (Å²) in [6.07, 6.45) is 4.89. The van der Waals surface area contributed by atoms with Crippen LogP contribution in [0.2, 0.25) is 12.1 Å². The van der Waals surface area contributed by atoms with Crippen LogP contribution in [-0.2, 0) is 10.8 Å². The lowest BCUT2D eigenvalue weighted by atomic mass is 9.90. The standard InChI is InChI=1S/C50H51O2Si/c1-31-19-21-35-39(47(31)33-15-11-9-12-16-33)27-37(43-23-25-45(51-43)49(3,4)5)41(35)29-53-30-42-36-22-20-32(2)48(34-17-13-10-14-18-34)40(36)28-38(42)44-24-26-46(52-44)50(6,7)8/h9-28,41-42,53H,29-30H2,1-8H3. The molecule has 6 aromatic rings. The SMILES string of the molecule is Cc1ccc2c(c1-c1ccccc1)C=C(c1ccc(C(C)(C)C)o1)C2C[SiH]CC1C(c2ccc(C(C)(C)C)o2)=Cc2c1ccc(C)c2-c1ccccc1. The van der Waals surface area contributed by atoms with Gasteiger partial charge in [0.2, 0.25) is 0 Å². The van der Waals surface area contributed by atoms with Gasteiger partial charge in [-0.05, 0) is 106 Å². The van der Waals surface area contributed by atoms with Gasteiger partial charge in [0, 0.05) is 43.3 Å². The molecule has 8 rings (SSSR count). The van der Waals surface area contributed by atoms with E-state index in [0.29, 0.717) is 0 Å². The Bertz CT molecular complexity index is 2180. The summed E-state index contributed by atoms with van der Waals surface area (Å²) in [6, 6.07) is 42.2. The Morgan fingerprint density at radius 1 is 0.491 bits per heavy atom. The van der Waals surface area contributed by atoms with E-state index in [4.69, 9.17) is 8.83 Å². The number of hydrogen-bond donors (Lipinski definition) is 0. The monoisotopic (exact) mass is 711 g/mol. The molecule has 2 heterocycles. The van der Waals surface area contributed by atoms with E-state index >= 15 is 0 Å². The lowest BCUT2D eigenvalue weighted by Gasteiger charge is -2.21. The van der Waals surface area contributed by atoms with Gasteiger partial charge in [0.05, 0.1) is 0 Å². The van der Waals surface area contributed by atoms with E-state index in [-0.39, 0.29) is 32.2 Å². The zero-order valence-corrected chi connectivity index (χ0v) is 33.7. The largest absolute Gasteiger partial charge is 0.461 e. The van der Waals surface area contributed by atoms with E-state index in [1.807, 2.05) is 0 Å². The van der Waals surface area contributed by atoms with Gasteiger partial charge in [-0.25, -0.2) is 0 Å². The van der Waals surface area contributed by atoms with Gasteiger partial charge in [0.25, 0.3) is 0 Å². The molecule has 0 amide bonds. The van der Waals surface area contributed by atoms with Gasteiger partial charge in [-0.3, -0.25) is 0 Å². The van der Waals surface area contributed by atoms with E-state index in [0.717, 1.165) is 35.1 Å². The Kier molecular flexibility index (Phi) is 8.98. The van der Waals surface area contributed by atoms with Crippen LogP contribution in [0.25, 0.3) is 45.6 Å². The van der Waals surface area contributed by atoms with Gasteiger partial charge in [0.15, 0.2) is 0 Å². The maximum Gasteiger partial charge on any atom is 0.130 e. The molecule has 2 aliphatic carbocycles. The van der Waals surface area contributed by atoms with E-state index in [2.05, 4.69) is 177 Å². The summed E-state index contributed by atoms with van der Waals surface area (Å²) in [5, 5.41) is 0. The van der Waals surface area contributed by atoms with Crippen molar-refractivity contribution in [2.45, 2.75) is 90.1 Å². The van der Waals surface area contributed by atoms with Crippen LogP contribution >= 0.6 is 0 Å². The van der Waals surface area contributed by atoms with Gasteiger partial charge < -0.3 is 8.83 Å². The number of benzene rings is 4. The van der Waals surface area contributed by atoms with Crippen LogP contribution in [0.5, 0.6) is 0 Å². The smallest absolute Gasteiger partial charge is 0.130 e. The molecule has 2 unspecified atom stereocenters. The minimum absolute atomic E-state index is 0.0505. The Morgan fingerprint density at radius 2 is 0.887 bits per heavy atom. The molecule has 2 aliphatic rings. The third-order valence-corrected chi connectivity index (χ3v) is 12.9.